The van der Waals surface area contributed by atoms with Gasteiger partial charge in [-0.25, -0.2) is 0 Å². The molecular weight excluding hydrogens is 268 g/mol. The van der Waals surface area contributed by atoms with E-state index in [-0.39, 0.29) is 10.4 Å². The summed E-state index contributed by atoms with van der Waals surface area (Å²) in [6.45, 7) is 11.8. The van der Waals surface area contributed by atoms with Gasteiger partial charge in [0.05, 0.1) is 0 Å². The molecule has 2 rings (SSSR count). The lowest BCUT2D eigenvalue weighted by molar-refractivity contribution is 1.32. The molecule has 2 aromatic rings. The molecular formula is C12H22N2O2S2. The topological polar surface area (TPSA) is 65.7 Å². The normalized spacial score (nSPS) is 7.89. The van der Waals surface area contributed by atoms with Crippen molar-refractivity contribution in [2.45, 2.75) is 41.5 Å². The predicted octanol–water partition coefficient (Wildman–Crippen LogP) is 3.54. The third-order valence-electron chi connectivity index (χ3n) is 1.29. The van der Waals surface area contributed by atoms with Gasteiger partial charge in [-0.1, -0.05) is 50.6 Å². The summed E-state index contributed by atoms with van der Waals surface area (Å²) in [7, 11) is 0. The second kappa shape index (κ2) is 12.3. The van der Waals surface area contributed by atoms with Gasteiger partial charge in [0.2, 0.25) is 0 Å². The highest BCUT2D eigenvalue weighted by Gasteiger charge is 1.84. The maximum atomic E-state index is 10.3. The van der Waals surface area contributed by atoms with Crippen LogP contribution in [0.1, 0.15) is 37.4 Å². The van der Waals surface area contributed by atoms with Crippen LogP contribution in [0.5, 0.6) is 0 Å². The molecule has 18 heavy (non-hydrogen) atoms. The average Bonchev–Trinajstić information content (AvgIpc) is 2.93. The van der Waals surface area contributed by atoms with Gasteiger partial charge in [0.15, 0.2) is 0 Å². The quantitative estimate of drug-likeness (QED) is 0.779. The zero-order valence-electron chi connectivity index (χ0n) is 11.8. The van der Waals surface area contributed by atoms with Crippen LogP contribution >= 0.6 is 22.9 Å². The third kappa shape index (κ3) is 10.0. The van der Waals surface area contributed by atoms with Crippen molar-refractivity contribution >= 4 is 22.9 Å². The number of rotatable bonds is 0. The lowest BCUT2D eigenvalue weighted by atomic mass is 10.6. The summed E-state index contributed by atoms with van der Waals surface area (Å²) < 4.78 is 2.55. The number of hydrogen-bond acceptors (Lipinski definition) is 4. The van der Waals surface area contributed by atoms with Crippen molar-refractivity contribution in [3.63, 3.8) is 0 Å². The number of aromatic amines is 2. The van der Waals surface area contributed by atoms with E-state index >= 15 is 0 Å². The summed E-state index contributed by atoms with van der Waals surface area (Å²) >= 11 is 2.60. The average molecular weight is 290 g/mol. The minimum Gasteiger partial charge on any atom is -0.319 e. The van der Waals surface area contributed by atoms with Crippen LogP contribution in [0.4, 0.5) is 0 Å². The van der Waals surface area contributed by atoms with E-state index in [0.29, 0.717) is 0 Å². The van der Waals surface area contributed by atoms with Gasteiger partial charge in [0, 0.05) is 22.0 Å². The van der Waals surface area contributed by atoms with E-state index < -0.39 is 0 Å². The van der Waals surface area contributed by atoms with E-state index in [9.17, 15) is 9.59 Å². The summed E-state index contributed by atoms with van der Waals surface area (Å²) in [6, 6.07) is 1.57. The highest BCUT2D eigenvalue weighted by atomic mass is 32.1. The van der Waals surface area contributed by atoms with E-state index in [0.717, 1.165) is 9.75 Å². The van der Waals surface area contributed by atoms with Crippen LogP contribution in [0.3, 0.4) is 0 Å². The van der Waals surface area contributed by atoms with Crippen LogP contribution in [0.2, 0.25) is 0 Å². The summed E-state index contributed by atoms with van der Waals surface area (Å²) in [5.41, 5.74) is 0.00231. The molecule has 104 valence electrons. The molecule has 0 bridgehead atoms. The lowest BCUT2D eigenvalue weighted by Crippen LogP contribution is -1.91. The summed E-state index contributed by atoms with van der Waals surface area (Å²) in [4.78, 5) is 25.1. The minimum absolute atomic E-state index is 0.00231. The van der Waals surface area contributed by atoms with Gasteiger partial charge >= 0.3 is 4.87 Å². The fourth-order valence-electron chi connectivity index (χ4n) is 0.740. The number of H-pyrrole nitrogens is 2. The molecule has 0 saturated carbocycles. The maximum absolute atomic E-state index is 10.3. The largest absolute Gasteiger partial charge is 0.319 e. The Morgan fingerprint density at radius 3 is 1.67 bits per heavy atom. The Hall–Kier alpha value is -1.14. The minimum atomic E-state index is 0.00231. The zero-order chi connectivity index (χ0) is 14.6. The molecule has 0 amide bonds. The number of thiazole rings is 1. The van der Waals surface area contributed by atoms with Gasteiger partial charge in [0.1, 0.15) is 0 Å². The smallest absolute Gasteiger partial charge is 0.304 e. The molecule has 0 aliphatic heterocycles. The van der Waals surface area contributed by atoms with Gasteiger partial charge < -0.3 is 4.98 Å². The van der Waals surface area contributed by atoms with Crippen LogP contribution in [0, 0.1) is 13.8 Å². The van der Waals surface area contributed by atoms with Crippen molar-refractivity contribution in [2.75, 3.05) is 0 Å². The Balaban J connectivity index is 0. The number of hydrogen-bond donors (Lipinski definition) is 2. The SMILES string of the molecule is CC.CC.Cc1c[nH]c(=O)s1.Cc1cc(=O)[nH]s1. The molecule has 0 atom stereocenters. The molecule has 2 aromatic heterocycles. The molecule has 2 heterocycles. The fraction of sp³-hybridized carbons (Fsp3) is 0.500. The van der Waals surface area contributed by atoms with E-state index in [1.807, 2.05) is 41.5 Å². The first kappa shape index (κ1) is 19.2. The van der Waals surface area contributed by atoms with Crippen molar-refractivity contribution in [3.8, 4) is 0 Å². The van der Waals surface area contributed by atoms with E-state index in [1.165, 1.54) is 22.9 Å². The first-order chi connectivity index (χ1) is 8.58. The molecule has 2 N–H and O–H groups in total. The third-order valence-corrected chi connectivity index (χ3v) is 2.78. The molecule has 4 nitrogen and oxygen atoms in total. The Morgan fingerprint density at radius 2 is 1.56 bits per heavy atom. The first-order valence-corrected chi connectivity index (χ1v) is 7.51. The molecule has 0 radical (unpaired) electrons. The van der Waals surface area contributed by atoms with Crippen molar-refractivity contribution in [3.05, 3.63) is 42.0 Å². The zero-order valence-corrected chi connectivity index (χ0v) is 13.4. The van der Waals surface area contributed by atoms with Crippen molar-refractivity contribution in [1.82, 2.24) is 9.36 Å². The predicted molar refractivity (Wildman–Crippen MR) is 82.0 cm³/mol. The van der Waals surface area contributed by atoms with Crippen molar-refractivity contribution in [1.29, 1.82) is 0 Å². The molecule has 0 saturated heterocycles. The molecule has 0 aliphatic rings. The van der Waals surface area contributed by atoms with Gasteiger partial charge in [-0.2, -0.15) is 0 Å². The Bertz CT molecular complexity index is 448. The highest BCUT2D eigenvalue weighted by molar-refractivity contribution is 7.09. The molecule has 0 spiro atoms. The second-order valence-electron chi connectivity index (χ2n) is 2.61. The van der Waals surface area contributed by atoms with Crippen LogP contribution < -0.4 is 10.4 Å². The van der Waals surface area contributed by atoms with E-state index in [4.69, 9.17) is 0 Å². The van der Waals surface area contributed by atoms with Crippen molar-refractivity contribution < 1.29 is 0 Å². The first-order valence-electron chi connectivity index (χ1n) is 5.88. The van der Waals surface area contributed by atoms with Gasteiger partial charge in [-0.3, -0.25) is 14.0 Å². The molecule has 0 unspecified atom stereocenters. The Morgan fingerprint density at radius 1 is 1.00 bits per heavy atom. The number of aromatic nitrogens is 2. The number of aryl methyl sites for hydroxylation is 2. The Kier molecular flexibility index (Phi) is 13.1. The van der Waals surface area contributed by atoms with E-state index in [2.05, 4.69) is 9.36 Å². The van der Waals surface area contributed by atoms with Crippen LogP contribution in [-0.2, 0) is 0 Å². The van der Waals surface area contributed by atoms with Crippen LogP contribution in [0.25, 0.3) is 0 Å². The molecule has 0 aromatic carbocycles. The van der Waals surface area contributed by atoms with Gasteiger partial charge in [-0.05, 0) is 13.8 Å². The van der Waals surface area contributed by atoms with Crippen molar-refractivity contribution in [2.24, 2.45) is 0 Å². The molecule has 0 fully saturated rings. The van der Waals surface area contributed by atoms with Gasteiger partial charge in [-0.15, -0.1) is 0 Å². The Labute approximate surface area is 116 Å². The van der Waals surface area contributed by atoms with Crippen LogP contribution in [0.15, 0.2) is 21.9 Å². The second-order valence-corrected chi connectivity index (χ2v) is 4.88. The molecule has 6 heteroatoms. The summed E-state index contributed by atoms with van der Waals surface area (Å²) in [5, 5.41) is 0. The number of nitrogens with one attached hydrogen (secondary N) is 2. The van der Waals surface area contributed by atoms with Gasteiger partial charge in [0.25, 0.3) is 5.56 Å². The fourth-order valence-corrected chi connectivity index (χ4v) is 1.75. The summed E-state index contributed by atoms with van der Waals surface area (Å²) in [5.74, 6) is 0. The maximum Gasteiger partial charge on any atom is 0.304 e. The monoisotopic (exact) mass is 290 g/mol. The highest BCUT2D eigenvalue weighted by Crippen LogP contribution is 1.94. The van der Waals surface area contributed by atoms with Crippen LogP contribution in [-0.4, -0.2) is 9.36 Å². The summed E-state index contributed by atoms with van der Waals surface area (Å²) in [6.07, 6.45) is 1.70. The molecule has 0 aliphatic carbocycles. The van der Waals surface area contributed by atoms with E-state index in [1.54, 1.807) is 12.3 Å². The standard InChI is InChI=1S/2C4H5NOS.2C2H6/c1-3-2-5-4(6)7-3;1-3-2-4(6)5-7-3;2*1-2/h2*2H,1H3,(H,5,6);2*1-2H3. The lowest BCUT2D eigenvalue weighted by Gasteiger charge is -1.63.